The molecule has 184 valence electrons. The minimum Gasteiger partial charge on any atom is -0.468 e. The quantitative estimate of drug-likeness (QED) is 0.661. The van der Waals surface area contributed by atoms with Gasteiger partial charge in [0.05, 0.1) is 13.2 Å². The van der Waals surface area contributed by atoms with E-state index in [2.05, 4.69) is 11.0 Å². The largest absolute Gasteiger partial charge is 0.468 e. The van der Waals surface area contributed by atoms with Gasteiger partial charge in [-0.05, 0) is 61.1 Å². The van der Waals surface area contributed by atoms with Crippen molar-refractivity contribution < 1.29 is 24.1 Å². The lowest BCUT2D eigenvalue weighted by molar-refractivity contribution is -0.148. The Morgan fingerprint density at radius 1 is 1.17 bits per heavy atom. The highest BCUT2D eigenvalue weighted by Crippen LogP contribution is 2.50. The molecule has 0 radical (unpaired) electrons. The van der Waals surface area contributed by atoms with Gasteiger partial charge in [-0.25, -0.2) is 0 Å². The molecule has 0 spiro atoms. The van der Waals surface area contributed by atoms with E-state index in [4.69, 9.17) is 14.2 Å². The maximum atomic E-state index is 13.6. The molecule has 1 aromatic heterocycles. The number of ether oxygens (including phenoxy) is 3. The maximum Gasteiger partial charge on any atom is 0.323 e. The summed E-state index contributed by atoms with van der Waals surface area (Å²) in [5, 5.41) is 10.4. The fraction of sp³-hybridized carbons (Fsp3) is 0.481. The first kappa shape index (κ1) is 22.4. The SMILES string of the molecule is COC(=O)[C@H]1[C@H](CO)[C@H]2Cn3c(ccc(C4=CCCCC4)c3=O)[C@H]2N1Cc1ccc2c(c1)OCO2. The van der Waals surface area contributed by atoms with E-state index in [0.717, 1.165) is 41.7 Å². The van der Waals surface area contributed by atoms with E-state index >= 15 is 0 Å². The van der Waals surface area contributed by atoms with Gasteiger partial charge in [0, 0.05) is 42.8 Å². The molecule has 8 nitrogen and oxygen atoms in total. The van der Waals surface area contributed by atoms with Crippen molar-refractivity contribution >= 4 is 11.5 Å². The lowest BCUT2D eigenvalue weighted by atomic mass is 9.88. The summed E-state index contributed by atoms with van der Waals surface area (Å²) in [5.41, 5.74) is 3.80. The number of rotatable bonds is 5. The smallest absolute Gasteiger partial charge is 0.323 e. The van der Waals surface area contributed by atoms with Crippen molar-refractivity contribution in [1.29, 1.82) is 0 Å². The van der Waals surface area contributed by atoms with Crippen molar-refractivity contribution in [2.75, 3.05) is 20.5 Å². The van der Waals surface area contributed by atoms with Crippen LogP contribution in [0.5, 0.6) is 11.5 Å². The number of methoxy groups -OCH3 is 1. The van der Waals surface area contributed by atoms with Gasteiger partial charge in [0.1, 0.15) is 6.04 Å². The molecule has 4 heterocycles. The van der Waals surface area contributed by atoms with E-state index in [1.807, 2.05) is 34.9 Å². The van der Waals surface area contributed by atoms with Crippen LogP contribution in [0.15, 0.2) is 41.2 Å². The van der Waals surface area contributed by atoms with Crippen molar-refractivity contribution in [3.63, 3.8) is 0 Å². The molecule has 4 aliphatic rings. The molecule has 1 aliphatic carbocycles. The Morgan fingerprint density at radius 3 is 2.80 bits per heavy atom. The number of aliphatic hydroxyl groups is 1. The van der Waals surface area contributed by atoms with Crippen LogP contribution in [0, 0.1) is 11.8 Å². The van der Waals surface area contributed by atoms with E-state index in [-0.39, 0.29) is 42.8 Å². The van der Waals surface area contributed by atoms with Crippen LogP contribution in [0.3, 0.4) is 0 Å². The van der Waals surface area contributed by atoms with Crippen molar-refractivity contribution in [2.45, 2.75) is 50.9 Å². The molecule has 8 heteroatoms. The first-order chi connectivity index (χ1) is 17.1. The van der Waals surface area contributed by atoms with Gasteiger partial charge in [-0.2, -0.15) is 0 Å². The van der Waals surface area contributed by atoms with Gasteiger partial charge in [-0.3, -0.25) is 14.5 Å². The molecule has 3 aliphatic heterocycles. The molecule has 2 aromatic rings. The number of nitrogens with zero attached hydrogens (tertiary/aromatic N) is 2. The fourth-order valence-corrected chi connectivity index (χ4v) is 6.45. The number of hydrogen-bond donors (Lipinski definition) is 1. The predicted molar refractivity (Wildman–Crippen MR) is 128 cm³/mol. The summed E-state index contributed by atoms with van der Waals surface area (Å²) in [6, 6.07) is 8.98. The molecule has 0 saturated carbocycles. The van der Waals surface area contributed by atoms with Gasteiger partial charge < -0.3 is 23.9 Å². The van der Waals surface area contributed by atoms with Crippen LogP contribution in [0.4, 0.5) is 0 Å². The van der Waals surface area contributed by atoms with Crippen molar-refractivity contribution in [3.05, 3.63) is 63.6 Å². The summed E-state index contributed by atoms with van der Waals surface area (Å²) in [4.78, 5) is 28.6. The fourth-order valence-electron chi connectivity index (χ4n) is 6.45. The van der Waals surface area contributed by atoms with E-state index in [1.54, 1.807) is 0 Å². The minimum absolute atomic E-state index is 0.0272. The average Bonchev–Trinajstić information content (AvgIpc) is 3.58. The molecule has 0 unspecified atom stereocenters. The van der Waals surface area contributed by atoms with Crippen LogP contribution in [0.25, 0.3) is 5.57 Å². The second-order valence-corrected chi connectivity index (χ2v) is 9.85. The molecule has 35 heavy (non-hydrogen) atoms. The third-order valence-corrected chi connectivity index (χ3v) is 8.07. The number of hydrogen-bond acceptors (Lipinski definition) is 7. The summed E-state index contributed by atoms with van der Waals surface area (Å²) >= 11 is 0. The summed E-state index contributed by atoms with van der Waals surface area (Å²) in [6.07, 6.45) is 6.41. The molecule has 6 rings (SSSR count). The number of benzene rings is 1. The zero-order chi connectivity index (χ0) is 24.1. The van der Waals surface area contributed by atoms with Crippen LogP contribution < -0.4 is 15.0 Å². The number of fused-ring (bicyclic) bond motifs is 4. The van der Waals surface area contributed by atoms with Crippen molar-refractivity contribution in [2.24, 2.45) is 11.8 Å². The molecule has 0 bridgehead atoms. The van der Waals surface area contributed by atoms with Gasteiger partial charge in [0.2, 0.25) is 6.79 Å². The lowest BCUT2D eigenvalue weighted by Gasteiger charge is -2.30. The standard InChI is InChI=1S/C27H30N2O6/c1-33-27(32)25-20(14-30)19-13-28-21(9-8-18(26(28)31)17-5-3-2-4-6-17)24(19)29(25)12-16-7-10-22-23(11-16)35-15-34-22/h5,7-11,19-20,24-25,30H,2-4,6,12-15H2,1H3/t19-,20-,24+,25-/m1/s1. The van der Waals surface area contributed by atoms with Crippen molar-refractivity contribution in [3.8, 4) is 11.5 Å². The number of aromatic nitrogens is 1. The molecule has 4 atom stereocenters. The Bertz CT molecular complexity index is 1250. The van der Waals surface area contributed by atoms with Gasteiger partial charge in [0.15, 0.2) is 11.5 Å². The van der Waals surface area contributed by atoms with Crippen LogP contribution in [-0.2, 0) is 22.6 Å². The number of esters is 1. The zero-order valence-electron chi connectivity index (χ0n) is 19.8. The highest BCUT2D eigenvalue weighted by atomic mass is 16.7. The van der Waals surface area contributed by atoms with Gasteiger partial charge in [-0.15, -0.1) is 0 Å². The predicted octanol–water partition coefficient (Wildman–Crippen LogP) is 2.87. The summed E-state index contributed by atoms with van der Waals surface area (Å²) in [7, 11) is 1.38. The van der Waals surface area contributed by atoms with Crippen LogP contribution in [0.1, 0.15) is 48.5 Å². The first-order valence-corrected chi connectivity index (χ1v) is 12.4. The minimum atomic E-state index is -0.602. The van der Waals surface area contributed by atoms with Crippen molar-refractivity contribution in [1.82, 2.24) is 9.47 Å². The van der Waals surface area contributed by atoms with Crippen LogP contribution in [-0.4, -0.2) is 47.1 Å². The van der Waals surface area contributed by atoms with Gasteiger partial charge >= 0.3 is 5.97 Å². The Labute approximate surface area is 203 Å². The zero-order valence-corrected chi connectivity index (χ0v) is 19.8. The topological polar surface area (TPSA) is 90.2 Å². The third kappa shape index (κ3) is 3.58. The first-order valence-electron chi connectivity index (χ1n) is 12.4. The van der Waals surface area contributed by atoms with Crippen LogP contribution in [0.2, 0.25) is 0 Å². The second-order valence-electron chi connectivity index (χ2n) is 9.85. The summed E-state index contributed by atoms with van der Waals surface area (Å²) in [6.45, 7) is 0.977. The van der Waals surface area contributed by atoms with E-state index < -0.39 is 6.04 Å². The Hall–Kier alpha value is -3.10. The molecule has 0 amide bonds. The monoisotopic (exact) mass is 478 g/mol. The number of aliphatic hydroxyl groups excluding tert-OH is 1. The third-order valence-electron chi connectivity index (χ3n) is 8.07. The normalized spacial score (nSPS) is 26.9. The number of carbonyl (C=O) groups excluding carboxylic acids is 1. The van der Waals surface area contributed by atoms with Gasteiger partial charge in [-0.1, -0.05) is 12.1 Å². The molecule has 1 N–H and O–H groups in total. The molecule has 1 saturated heterocycles. The number of likely N-dealkylation sites (tertiary alicyclic amines) is 1. The highest BCUT2D eigenvalue weighted by Gasteiger charge is 2.56. The molecular formula is C27H30N2O6. The van der Waals surface area contributed by atoms with E-state index in [1.165, 1.54) is 13.5 Å². The highest BCUT2D eigenvalue weighted by molar-refractivity contribution is 5.77. The summed E-state index contributed by atoms with van der Waals surface area (Å²) < 4.78 is 18.0. The number of allylic oxidation sites excluding steroid dienone is 2. The summed E-state index contributed by atoms with van der Waals surface area (Å²) in [5.74, 6) is 0.615. The Balaban J connectivity index is 1.40. The molecular weight excluding hydrogens is 448 g/mol. The lowest BCUT2D eigenvalue weighted by Crippen LogP contribution is -2.43. The van der Waals surface area contributed by atoms with Crippen LogP contribution >= 0.6 is 0 Å². The molecule has 1 aromatic carbocycles. The Morgan fingerprint density at radius 2 is 2.03 bits per heavy atom. The average molecular weight is 479 g/mol. The van der Waals surface area contributed by atoms with E-state index in [0.29, 0.717) is 24.6 Å². The Kier molecular flexibility index (Phi) is 5.65. The molecule has 1 fully saturated rings. The maximum absolute atomic E-state index is 13.6. The number of pyridine rings is 1. The second kappa shape index (κ2) is 8.84. The van der Waals surface area contributed by atoms with E-state index in [9.17, 15) is 14.7 Å². The number of carbonyl (C=O) groups is 1. The van der Waals surface area contributed by atoms with Gasteiger partial charge in [0.25, 0.3) is 5.56 Å².